The summed E-state index contributed by atoms with van der Waals surface area (Å²) >= 11 is 0. The molecule has 3 rings (SSSR count). The molecular formula is C24H30N2O2. The lowest BCUT2D eigenvalue weighted by Crippen LogP contribution is -2.41. The van der Waals surface area contributed by atoms with E-state index in [2.05, 4.69) is 19.1 Å². The third kappa shape index (κ3) is 3.82. The van der Waals surface area contributed by atoms with E-state index in [1.165, 1.54) is 0 Å². The molecule has 4 nitrogen and oxygen atoms in total. The third-order valence-corrected chi connectivity index (χ3v) is 5.88. The Bertz CT molecular complexity index is 834. The standard InChI is InChI=1S/C24H30N2O2/c1-4-5-17-25(2)22(27)15-16-24(18-19-11-7-6-8-12-19)20-13-9-10-14-21(20)26(3)23(24)28/h6-14H,4-5,15-18H2,1-3H3/t24-/m1/s1. The topological polar surface area (TPSA) is 40.6 Å². The fourth-order valence-corrected chi connectivity index (χ4v) is 4.19. The molecule has 0 fully saturated rings. The van der Waals surface area contributed by atoms with Crippen LogP contribution in [-0.4, -0.2) is 37.4 Å². The number of likely N-dealkylation sites (N-methyl/N-ethyl adjacent to an activating group) is 1. The zero-order chi connectivity index (χ0) is 20.1. The van der Waals surface area contributed by atoms with Crippen molar-refractivity contribution in [3.63, 3.8) is 0 Å². The molecule has 148 valence electrons. The predicted molar refractivity (Wildman–Crippen MR) is 113 cm³/mol. The summed E-state index contributed by atoms with van der Waals surface area (Å²) in [6, 6.07) is 18.1. The number of anilines is 1. The van der Waals surface area contributed by atoms with Gasteiger partial charge in [0.15, 0.2) is 0 Å². The van der Waals surface area contributed by atoms with Gasteiger partial charge in [-0.15, -0.1) is 0 Å². The molecule has 1 atom stereocenters. The second kappa shape index (κ2) is 8.59. The molecule has 4 heteroatoms. The average Bonchev–Trinajstić information content (AvgIpc) is 2.93. The molecule has 1 aliphatic rings. The van der Waals surface area contributed by atoms with E-state index in [4.69, 9.17) is 0 Å². The number of para-hydroxylation sites is 1. The number of nitrogens with zero attached hydrogens (tertiary/aromatic N) is 2. The summed E-state index contributed by atoms with van der Waals surface area (Å²) in [6.45, 7) is 2.89. The van der Waals surface area contributed by atoms with Crippen LogP contribution in [0.25, 0.3) is 0 Å². The average molecular weight is 379 g/mol. The van der Waals surface area contributed by atoms with Gasteiger partial charge >= 0.3 is 0 Å². The second-order valence-electron chi connectivity index (χ2n) is 7.79. The molecule has 0 saturated carbocycles. The quantitative estimate of drug-likeness (QED) is 0.691. The number of hydrogen-bond acceptors (Lipinski definition) is 2. The number of fused-ring (bicyclic) bond motifs is 1. The number of amides is 2. The van der Waals surface area contributed by atoms with Crippen LogP contribution in [0.3, 0.4) is 0 Å². The van der Waals surface area contributed by atoms with Crippen LogP contribution in [-0.2, 0) is 21.4 Å². The van der Waals surface area contributed by atoms with E-state index >= 15 is 0 Å². The van der Waals surface area contributed by atoms with Crippen LogP contribution >= 0.6 is 0 Å². The summed E-state index contributed by atoms with van der Waals surface area (Å²) in [5, 5.41) is 0. The molecule has 0 bridgehead atoms. The summed E-state index contributed by atoms with van der Waals surface area (Å²) in [7, 11) is 3.70. The summed E-state index contributed by atoms with van der Waals surface area (Å²) in [5.74, 6) is 0.197. The van der Waals surface area contributed by atoms with E-state index in [9.17, 15) is 9.59 Å². The minimum atomic E-state index is -0.687. The van der Waals surface area contributed by atoms with Crippen molar-refractivity contribution in [1.82, 2.24) is 4.90 Å². The lowest BCUT2D eigenvalue weighted by atomic mass is 9.73. The van der Waals surface area contributed by atoms with Gasteiger partial charge < -0.3 is 9.80 Å². The van der Waals surface area contributed by atoms with E-state index in [-0.39, 0.29) is 11.8 Å². The fourth-order valence-electron chi connectivity index (χ4n) is 4.19. The Balaban J connectivity index is 1.91. The Labute approximate surface area is 168 Å². The van der Waals surface area contributed by atoms with Gasteiger partial charge in [0.1, 0.15) is 0 Å². The molecule has 28 heavy (non-hydrogen) atoms. The van der Waals surface area contributed by atoms with Gasteiger partial charge in [-0.1, -0.05) is 61.9 Å². The molecule has 1 aliphatic heterocycles. The number of benzene rings is 2. The van der Waals surface area contributed by atoms with Crippen LogP contribution in [0.5, 0.6) is 0 Å². The smallest absolute Gasteiger partial charge is 0.237 e. The monoisotopic (exact) mass is 378 g/mol. The van der Waals surface area contributed by atoms with Gasteiger partial charge in [0.2, 0.25) is 11.8 Å². The Morgan fingerprint density at radius 2 is 1.75 bits per heavy atom. The zero-order valence-electron chi connectivity index (χ0n) is 17.1. The Morgan fingerprint density at radius 3 is 2.46 bits per heavy atom. The van der Waals surface area contributed by atoms with Crippen LogP contribution in [0.2, 0.25) is 0 Å². The molecule has 2 aromatic carbocycles. The highest BCUT2D eigenvalue weighted by molar-refractivity contribution is 6.08. The molecule has 0 aromatic heterocycles. The Morgan fingerprint density at radius 1 is 1.07 bits per heavy atom. The van der Waals surface area contributed by atoms with Gasteiger partial charge in [-0.25, -0.2) is 0 Å². The van der Waals surface area contributed by atoms with Gasteiger partial charge in [-0.05, 0) is 36.5 Å². The van der Waals surface area contributed by atoms with Crippen LogP contribution in [0.4, 0.5) is 5.69 Å². The van der Waals surface area contributed by atoms with Crippen LogP contribution in [0, 0.1) is 0 Å². The SMILES string of the molecule is CCCCN(C)C(=O)CC[C@]1(Cc2ccccc2)C(=O)N(C)c2ccccc21. The van der Waals surface area contributed by atoms with Crippen molar-refractivity contribution >= 4 is 17.5 Å². The molecule has 2 amide bonds. The molecule has 0 unspecified atom stereocenters. The van der Waals surface area contributed by atoms with E-state index < -0.39 is 5.41 Å². The summed E-state index contributed by atoms with van der Waals surface area (Å²) in [6.07, 6.45) is 3.58. The van der Waals surface area contributed by atoms with Crippen molar-refractivity contribution in [2.24, 2.45) is 0 Å². The zero-order valence-corrected chi connectivity index (χ0v) is 17.1. The lowest BCUT2D eigenvalue weighted by Gasteiger charge is -2.29. The number of unbranched alkanes of at least 4 members (excludes halogenated alkanes) is 1. The minimum Gasteiger partial charge on any atom is -0.346 e. The van der Waals surface area contributed by atoms with Crippen molar-refractivity contribution in [3.05, 3.63) is 65.7 Å². The van der Waals surface area contributed by atoms with Crippen LogP contribution in [0.15, 0.2) is 54.6 Å². The highest BCUT2D eigenvalue weighted by atomic mass is 16.2. The largest absolute Gasteiger partial charge is 0.346 e. The molecule has 0 N–H and O–H groups in total. The first-order valence-corrected chi connectivity index (χ1v) is 10.1. The molecule has 0 saturated heterocycles. The highest BCUT2D eigenvalue weighted by Gasteiger charge is 2.49. The maximum atomic E-state index is 13.4. The fraction of sp³-hybridized carbons (Fsp3) is 0.417. The van der Waals surface area contributed by atoms with Gasteiger partial charge in [-0.2, -0.15) is 0 Å². The summed E-state index contributed by atoms with van der Waals surface area (Å²) < 4.78 is 0. The first-order valence-electron chi connectivity index (χ1n) is 10.1. The van der Waals surface area contributed by atoms with Gasteiger partial charge in [0, 0.05) is 32.7 Å². The first-order chi connectivity index (χ1) is 13.5. The number of rotatable bonds is 8. The van der Waals surface area contributed by atoms with E-state index in [0.717, 1.165) is 36.2 Å². The maximum Gasteiger partial charge on any atom is 0.237 e. The van der Waals surface area contributed by atoms with E-state index in [1.54, 1.807) is 9.80 Å². The number of hydrogen-bond donors (Lipinski definition) is 0. The molecule has 2 aromatic rings. The normalized spacial score (nSPS) is 18.2. The summed E-state index contributed by atoms with van der Waals surface area (Å²) in [4.78, 5) is 29.7. The predicted octanol–water partition coefficient (Wildman–Crippen LogP) is 4.18. The van der Waals surface area contributed by atoms with Gasteiger partial charge in [-0.3, -0.25) is 9.59 Å². The molecule has 1 heterocycles. The Hall–Kier alpha value is -2.62. The van der Waals surface area contributed by atoms with Crippen molar-refractivity contribution in [2.45, 2.75) is 44.4 Å². The maximum absolute atomic E-state index is 13.4. The highest BCUT2D eigenvalue weighted by Crippen LogP contribution is 2.46. The van der Waals surface area contributed by atoms with Crippen molar-refractivity contribution in [3.8, 4) is 0 Å². The number of carbonyl (C=O) groups is 2. The van der Waals surface area contributed by atoms with E-state index in [0.29, 0.717) is 19.3 Å². The van der Waals surface area contributed by atoms with Crippen molar-refractivity contribution in [1.29, 1.82) is 0 Å². The van der Waals surface area contributed by atoms with Crippen molar-refractivity contribution < 1.29 is 9.59 Å². The van der Waals surface area contributed by atoms with Crippen LogP contribution < -0.4 is 4.90 Å². The molecule has 0 spiro atoms. The van der Waals surface area contributed by atoms with Crippen LogP contribution in [0.1, 0.15) is 43.7 Å². The van der Waals surface area contributed by atoms with Gasteiger partial charge in [0.05, 0.1) is 5.41 Å². The second-order valence-corrected chi connectivity index (χ2v) is 7.79. The molecule has 0 aliphatic carbocycles. The van der Waals surface area contributed by atoms with Gasteiger partial charge in [0.25, 0.3) is 0 Å². The molecule has 0 radical (unpaired) electrons. The van der Waals surface area contributed by atoms with E-state index in [1.807, 2.05) is 56.6 Å². The third-order valence-electron chi connectivity index (χ3n) is 5.88. The summed E-state index contributed by atoms with van der Waals surface area (Å²) in [5.41, 5.74) is 2.42. The first kappa shape index (κ1) is 20.1. The minimum absolute atomic E-state index is 0.0848. The lowest BCUT2D eigenvalue weighted by molar-refractivity contribution is -0.131. The number of carbonyl (C=O) groups excluding carboxylic acids is 2. The Kier molecular flexibility index (Phi) is 6.18. The molecular weight excluding hydrogens is 348 g/mol. The van der Waals surface area contributed by atoms with Crippen molar-refractivity contribution in [2.75, 3.05) is 25.5 Å².